The smallest absolute Gasteiger partial charge is 0.0820 e. The lowest BCUT2D eigenvalue weighted by Gasteiger charge is -2.35. The minimum Gasteiger partial charge on any atom is -0.316 e. The second-order valence-electron chi connectivity index (χ2n) is 5.99. The third-order valence-corrected chi connectivity index (χ3v) is 4.67. The SMILES string of the molecule is CCCNCC1CCC(C)CC1c1c(Cl)cnn1C. The van der Waals surface area contributed by atoms with Crippen LogP contribution in [0.1, 0.15) is 51.1 Å². The van der Waals surface area contributed by atoms with Crippen LogP contribution in [0.5, 0.6) is 0 Å². The van der Waals surface area contributed by atoms with Gasteiger partial charge >= 0.3 is 0 Å². The van der Waals surface area contributed by atoms with Crippen LogP contribution in [0.25, 0.3) is 0 Å². The van der Waals surface area contributed by atoms with Crippen molar-refractivity contribution in [2.45, 2.75) is 45.4 Å². The van der Waals surface area contributed by atoms with Crippen LogP contribution >= 0.6 is 11.6 Å². The lowest BCUT2D eigenvalue weighted by molar-refractivity contribution is 0.234. The van der Waals surface area contributed by atoms with Crippen molar-refractivity contribution < 1.29 is 0 Å². The largest absolute Gasteiger partial charge is 0.316 e. The lowest BCUT2D eigenvalue weighted by Crippen LogP contribution is -2.33. The normalized spacial score (nSPS) is 27.7. The molecular weight excluding hydrogens is 258 g/mol. The average molecular weight is 284 g/mol. The first-order valence-corrected chi connectivity index (χ1v) is 7.89. The van der Waals surface area contributed by atoms with Crippen molar-refractivity contribution in [2.75, 3.05) is 13.1 Å². The first kappa shape index (κ1) is 14.9. The fourth-order valence-electron chi connectivity index (χ4n) is 3.32. The van der Waals surface area contributed by atoms with Crippen molar-refractivity contribution >= 4 is 11.6 Å². The number of aromatic nitrogens is 2. The summed E-state index contributed by atoms with van der Waals surface area (Å²) in [7, 11) is 2.01. The van der Waals surface area contributed by atoms with Crippen molar-refractivity contribution in [3.05, 3.63) is 16.9 Å². The number of hydrogen-bond donors (Lipinski definition) is 1. The highest BCUT2D eigenvalue weighted by Gasteiger charge is 2.32. The molecule has 3 unspecified atom stereocenters. The Bertz CT molecular complexity index is 383. The summed E-state index contributed by atoms with van der Waals surface area (Å²) >= 11 is 6.35. The van der Waals surface area contributed by atoms with Crippen molar-refractivity contribution in [1.82, 2.24) is 15.1 Å². The van der Waals surface area contributed by atoms with Crippen LogP contribution < -0.4 is 5.32 Å². The quantitative estimate of drug-likeness (QED) is 0.837. The maximum Gasteiger partial charge on any atom is 0.0820 e. The van der Waals surface area contributed by atoms with Gasteiger partial charge < -0.3 is 5.32 Å². The van der Waals surface area contributed by atoms with Gasteiger partial charge in [0.05, 0.1) is 16.9 Å². The summed E-state index contributed by atoms with van der Waals surface area (Å²) in [6, 6.07) is 0. The fourth-order valence-corrected chi connectivity index (χ4v) is 3.63. The highest BCUT2D eigenvalue weighted by molar-refractivity contribution is 6.31. The molecule has 3 atom stereocenters. The molecule has 1 aromatic rings. The Morgan fingerprint density at radius 1 is 1.47 bits per heavy atom. The average Bonchev–Trinajstić information content (AvgIpc) is 2.71. The summed E-state index contributed by atoms with van der Waals surface area (Å²) in [5, 5.41) is 8.72. The van der Waals surface area contributed by atoms with Gasteiger partial charge in [-0.1, -0.05) is 31.9 Å². The zero-order valence-electron chi connectivity index (χ0n) is 12.3. The van der Waals surface area contributed by atoms with Crippen LogP contribution in [0.2, 0.25) is 5.02 Å². The molecule has 3 nitrogen and oxygen atoms in total. The Kier molecular flexibility index (Phi) is 5.28. The number of aryl methyl sites for hydroxylation is 1. The molecule has 2 rings (SSSR count). The number of nitrogens with zero attached hydrogens (tertiary/aromatic N) is 2. The van der Waals surface area contributed by atoms with Gasteiger partial charge in [-0.15, -0.1) is 0 Å². The molecule has 0 bridgehead atoms. The molecule has 1 N–H and O–H groups in total. The Morgan fingerprint density at radius 2 is 2.26 bits per heavy atom. The van der Waals surface area contributed by atoms with E-state index in [1.807, 2.05) is 11.7 Å². The topological polar surface area (TPSA) is 29.9 Å². The van der Waals surface area contributed by atoms with E-state index in [1.165, 1.54) is 31.4 Å². The molecule has 1 heterocycles. The van der Waals surface area contributed by atoms with Gasteiger partial charge in [0.15, 0.2) is 0 Å². The molecule has 0 amide bonds. The summed E-state index contributed by atoms with van der Waals surface area (Å²) in [5.74, 6) is 2.03. The minimum absolute atomic E-state index is 0.549. The standard InChI is InChI=1S/C15H26ClN3/c1-4-7-17-9-12-6-5-11(2)8-13(12)15-14(16)10-18-19(15)3/h10-13,17H,4-9H2,1-3H3. The third-order valence-electron chi connectivity index (χ3n) is 4.38. The molecule has 0 saturated heterocycles. The second-order valence-corrected chi connectivity index (χ2v) is 6.40. The van der Waals surface area contributed by atoms with E-state index in [0.717, 1.165) is 24.0 Å². The van der Waals surface area contributed by atoms with Crippen molar-refractivity contribution in [3.63, 3.8) is 0 Å². The molecule has 0 radical (unpaired) electrons. The molecule has 4 heteroatoms. The maximum atomic E-state index is 6.35. The first-order chi connectivity index (χ1) is 9.13. The minimum atomic E-state index is 0.549. The van der Waals surface area contributed by atoms with Crippen LogP contribution in [0, 0.1) is 11.8 Å². The molecule has 0 spiro atoms. The van der Waals surface area contributed by atoms with Gasteiger partial charge in [0.25, 0.3) is 0 Å². The highest BCUT2D eigenvalue weighted by Crippen LogP contribution is 2.42. The molecule has 1 fully saturated rings. The third kappa shape index (κ3) is 3.51. The zero-order chi connectivity index (χ0) is 13.8. The number of halogens is 1. The second kappa shape index (κ2) is 6.76. The Balaban J connectivity index is 2.12. The molecule has 1 aromatic heterocycles. The van der Waals surface area contributed by atoms with E-state index in [1.54, 1.807) is 6.20 Å². The molecule has 0 aromatic carbocycles. The van der Waals surface area contributed by atoms with E-state index in [0.29, 0.717) is 11.8 Å². The predicted octanol–water partition coefficient (Wildman–Crippen LogP) is 3.59. The van der Waals surface area contributed by atoms with Gasteiger partial charge in [0.1, 0.15) is 0 Å². The Hall–Kier alpha value is -0.540. The number of hydrogen-bond acceptors (Lipinski definition) is 2. The Labute approximate surface area is 121 Å². The number of nitrogens with one attached hydrogen (secondary N) is 1. The first-order valence-electron chi connectivity index (χ1n) is 7.51. The van der Waals surface area contributed by atoms with E-state index in [9.17, 15) is 0 Å². The summed E-state index contributed by atoms with van der Waals surface area (Å²) < 4.78 is 1.97. The van der Waals surface area contributed by atoms with Gasteiger partial charge in [-0.05, 0) is 44.2 Å². The molecule has 19 heavy (non-hydrogen) atoms. The fraction of sp³-hybridized carbons (Fsp3) is 0.800. The monoisotopic (exact) mass is 283 g/mol. The number of rotatable bonds is 5. The van der Waals surface area contributed by atoms with E-state index >= 15 is 0 Å². The van der Waals surface area contributed by atoms with Crippen LogP contribution in [-0.2, 0) is 7.05 Å². The van der Waals surface area contributed by atoms with E-state index < -0.39 is 0 Å². The van der Waals surface area contributed by atoms with E-state index in [-0.39, 0.29) is 0 Å². The zero-order valence-corrected chi connectivity index (χ0v) is 13.1. The summed E-state index contributed by atoms with van der Waals surface area (Å²) in [6.45, 7) is 6.78. The summed E-state index contributed by atoms with van der Waals surface area (Å²) in [6.07, 6.45) is 6.85. The summed E-state index contributed by atoms with van der Waals surface area (Å²) in [4.78, 5) is 0. The van der Waals surface area contributed by atoms with Gasteiger partial charge in [-0.2, -0.15) is 5.10 Å². The van der Waals surface area contributed by atoms with Crippen LogP contribution in [-0.4, -0.2) is 22.9 Å². The van der Waals surface area contributed by atoms with E-state index in [2.05, 4.69) is 24.3 Å². The van der Waals surface area contributed by atoms with Gasteiger partial charge in [-0.25, -0.2) is 0 Å². The Morgan fingerprint density at radius 3 is 2.89 bits per heavy atom. The van der Waals surface area contributed by atoms with Gasteiger partial charge in [0, 0.05) is 13.0 Å². The molecular formula is C15H26ClN3. The maximum absolute atomic E-state index is 6.35. The van der Waals surface area contributed by atoms with Crippen LogP contribution in [0.4, 0.5) is 0 Å². The van der Waals surface area contributed by atoms with Crippen LogP contribution in [0.15, 0.2) is 6.20 Å². The molecule has 1 saturated carbocycles. The van der Waals surface area contributed by atoms with Gasteiger partial charge in [-0.3, -0.25) is 4.68 Å². The van der Waals surface area contributed by atoms with Crippen molar-refractivity contribution in [1.29, 1.82) is 0 Å². The highest BCUT2D eigenvalue weighted by atomic mass is 35.5. The van der Waals surface area contributed by atoms with Crippen molar-refractivity contribution in [3.8, 4) is 0 Å². The molecule has 108 valence electrons. The van der Waals surface area contributed by atoms with Gasteiger partial charge in [0.2, 0.25) is 0 Å². The molecule has 1 aliphatic rings. The van der Waals surface area contributed by atoms with Crippen LogP contribution in [0.3, 0.4) is 0 Å². The molecule has 1 aliphatic carbocycles. The van der Waals surface area contributed by atoms with E-state index in [4.69, 9.17) is 11.6 Å². The van der Waals surface area contributed by atoms with Crippen molar-refractivity contribution in [2.24, 2.45) is 18.9 Å². The summed E-state index contributed by atoms with van der Waals surface area (Å²) in [5.41, 5.74) is 1.23. The molecule has 0 aliphatic heterocycles. The lowest BCUT2D eigenvalue weighted by atomic mass is 9.73. The predicted molar refractivity (Wildman–Crippen MR) is 80.6 cm³/mol.